The van der Waals surface area contributed by atoms with Crippen LogP contribution in [0.3, 0.4) is 0 Å². The predicted octanol–water partition coefficient (Wildman–Crippen LogP) is -0.185. The van der Waals surface area contributed by atoms with Gasteiger partial charge in [-0.05, 0) is 30.2 Å². The highest BCUT2D eigenvalue weighted by atomic mass is 32.2. The maximum atomic E-state index is 12.8. The Morgan fingerprint density at radius 2 is 1.75 bits per heavy atom. The molecule has 0 unspecified atom stereocenters. The first-order valence-corrected chi connectivity index (χ1v) is 9.07. The van der Waals surface area contributed by atoms with E-state index in [9.17, 15) is 22.4 Å². The zero-order chi connectivity index (χ0) is 18.3. The molecule has 0 aliphatic carbocycles. The highest BCUT2D eigenvalue weighted by Gasteiger charge is 2.18. The number of nitrogens with one attached hydrogen (secondary N) is 2. The molecule has 2 amide bonds. The number of rotatable bonds is 8. The van der Waals surface area contributed by atoms with Gasteiger partial charge < -0.3 is 16.4 Å². The van der Waals surface area contributed by atoms with Crippen molar-refractivity contribution in [2.24, 2.45) is 11.7 Å². The number of halogens is 1. The average molecular weight is 359 g/mol. The van der Waals surface area contributed by atoms with Crippen LogP contribution in [0, 0.1) is 11.7 Å². The molecule has 0 fully saturated rings. The first-order chi connectivity index (χ1) is 11.1. The van der Waals surface area contributed by atoms with Gasteiger partial charge in [-0.3, -0.25) is 9.59 Å². The molecule has 1 aromatic carbocycles. The molecule has 0 spiro atoms. The Hall–Kier alpha value is -2.00. The van der Waals surface area contributed by atoms with Crippen molar-refractivity contribution in [1.82, 2.24) is 10.6 Å². The number of benzene rings is 1. The fourth-order valence-corrected chi connectivity index (χ4v) is 2.89. The second-order valence-corrected chi connectivity index (χ2v) is 7.72. The molecule has 7 nitrogen and oxygen atoms in total. The third-order valence-corrected chi connectivity index (χ3v) is 5.04. The van der Waals surface area contributed by atoms with Gasteiger partial charge in [0.05, 0.1) is 23.2 Å². The first kappa shape index (κ1) is 20.0. The van der Waals surface area contributed by atoms with Gasteiger partial charge in [0, 0.05) is 6.54 Å². The van der Waals surface area contributed by atoms with E-state index in [0.717, 1.165) is 12.1 Å². The summed E-state index contributed by atoms with van der Waals surface area (Å²) >= 11 is 0. The predicted molar refractivity (Wildman–Crippen MR) is 87.3 cm³/mol. The van der Waals surface area contributed by atoms with Crippen LogP contribution < -0.4 is 16.4 Å². The average Bonchev–Trinajstić information content (AvgIpc) is 2.52. The van der Waals surface area contributed by atoms with Crippen LogP contribution in [-0.2, 0) is 19.4 Å². The van der Waals surface area contributed by atoms with E-state index in [1.165, 1.54) is 12.1 Å². The van der Waals surface area contributed by atoms with Gasteiger partial charge in [-0.2, -0.15) is 0 Å². The molecule has 4 N–H and O–H groups in total. The lowest BCUT2D eigenvalue weighted by molar-refractivity contribution is -0.127. The summed E-state index contributed by atoms with van der Waals surface area (Å²) in [5, 5.41) is 4.78. The third kappa shape index (κ3) is 6.25. The van der Waals surface area contributed by atoms with Gasteiger partial charge >= 0.3 is 0 Å². The number of carbonyl (C=O) groups is 2. The second kappa shape index (κ2) is 8.74. The lowest BCUT2D eigenvalue weighted by Gasteiger charge is -2.15. The standard InChI is InChI=1S/C15H22FN3O4S/c1-10(2)14(17)15(21)19-9-13(20)18-7-8-24(22,23)12-5-3-11(16)4-6-12/h3-6,10,14H,7-9,17H2,1-2H3,(H,18,20)(H,19,21)/t14-/m0/s1. The fourth-order valence-electron chi connectivity index (χ4n) is 1.74. The number of carbonyl (C=O) groups excluding carboxylic acids is 2. The Morgan fingerprint density at radius 3 is 2.29 bits per heavy atom. The summed E-state index contributed by atoms with van der Waals surface area (Å²) in [5.74, 6) is -1.89. The van der Waals surface area contributed by atoms with Crippen LogP contribution in [0.4, 0.5) is 4.39 Å². The van der Waals surface area contributed by atoms with Gasteiger partial charge in [-0.15, -0.1) is 0 Å². The minimum absolute atomic E-state index is 0.0191. The SMILES string of the molecule is CC(C)[C@H](N)C(=O)NCC(=O)NCCS(=O)(=O)c1ccc(F)cc1. The van der Waals surface area contributed by atoms with Crippen molar-refractivity contribution in [2.45, 2.75) is 24.8 Å². The van der Waals surface area contributed by atoms with Crippen molar-refractivity contribution >= 4 is 21.7 Å². The van der Waals surface area contributed by atoms with Crippen molar-refractivity contribution in [3.05, 3.63) is 30.1 Å². The zero-order valence-electron chi connectivity index (χ0n) is 13.6. The van der Waals surface area contributed by atoms with Crippen LogP contribution >= 0.6 is 0 Å². The Balaban J connectivity index is 2.40. The summed E-state index contributed by atoms with van der Waals surface area (Å²) in [4.78, 5) is 23.2. The Labute approximate surface area is 140 Å². The molecule has 24 heavy (non-hydrogen) atoms. The Kier molecular flexibility index (Phi) is 7.30. The maximum absolute atomic E-state index is 12.8. The lowest BCUT2D eigenvalue weighted by atomic mass is 10.1. The fraction of sp³-hybridized carbons (Fsp3) is 0.467. The third-order valence-electron chi connectivity index (χ3n) is 3.31. The lowest BCUT2D eigenvalue weighted by Crippen LogP contribution is -2.47. The molecule has 0 bridgehead atoms. The molecule has 1 aromatic rings. The van der Waals surface area contributed by atoms with Crippen LogP contribution in [0.25, 0.3) is 0 Å². The molecule has 0 aliphatic rings. The minimum atomic E-state index is -3.62. The van der Waals surface area contributed by atoms with E-state index in [2.05, 4.69) is 10.6 Å². The smallest absolute Gasteiger partial charge is 0.239 e. The molecule has 9 heteroatoms. The summed E-state index contributed by atoms with van der Waals surface area (Å²) in [5.41, 5.74) is 5.63. The molecule has 1 atom stereocenters. The van der Waals surface area contributed by atoms with Crippen molar-refractivity contribution in [2.75, 3.05) is 18.8 Å². The molecule has 0 aromatic heterocycles. The van der Waals surface area contributed by atoms with Crippen molar-refractivity contribution in [3.63, 3.8) is 0 Å². The molecule has 0 saturated heterocycles. The van der Waals surface area contributed by atoms with Crippen molar-refractivity contribution in [3.8, 4) is 0 Å². The molecule has 1 rings (SSSR count). The summed E-state index contributed by atoms with van der Waals surface area (Å²) in [6.07, 6.45) is 0. The Morgan fingerprint density at radius 1 is 1.17 bits per heavy atom. The van der Waals surface area contributed by atoms with Crippen molar-refractivity contribution < 1.29 is 22.4 Å². The summed E-state index contributed by atoms with van der Waals surface area (Å²) < 4.78 is 36.8. The van der Waals surface area contributed by atoms with E-state index in [1.807, 2.05) is 0 Å². The number of hydrogen-bond donors (Lipinski definition) is 3. The van der Waals surface area contributed by atoms with Crippen LogP contribution in [0.5, 0.6) is 0 Å². The van der Waals surface area contributed by atoms with Crippen LogP contribution in [0.15, 0.2) is 29.2 Å². The number of sulfone groups is 1. The normalized spacial score (nSPS) is 12.7. The van der Waals surface area contributed by atoms with Crippen LogP contribution in [-0.4, -0.2) is 45.1 Å². The summed E-state index contributed by atoms with van der Waals surface area (Å²) in [7, 11) is -3.62. The molecular formula is C15H22FN3O4S. The van der Waals surface area contributed by atoms with Gasteiger partial charge in [0.15, 0.2) is 9.84 Å². The largest absolute Gasteiger partial charge is 0.354 e. The van der Waals surface area contributed by atoms with Gasteiger partial charge in [0.1, 0.15) is 5.82 Å². The first-order valence-electron chi connectivity index (χ1n) is 7.42. The van der Waals surface area contributed by atoms with Crippen molar-refractivity contribution in [1.29, 1.82) is 0 Å². The van der Waals surface area contributed by atoms with Gasteiger partial charge in [0.25, 0.3) is 0 Å². The van der Waals surface area contributed by atoms with Gasteiger partial charge in [-0.1, -0.05) is 13.8 Å². The molecule has 0 heterocycles. The molecule has 134 valence electrons. The summed E-state index contributed by atoms with van der Waals surface area (Å²) in [6, 6.07) is 3.73. The maximum Gasteiger partial charge on any atom is 0.239 e. The van der Waals surface area contributed by atoms with E-state index in [1.54, 1.807) is 13.8 Å². The minimum Gasteiger partial charge on any atom is -0.354 e. The molecule has 0 saturated carbocycles. The second-order valence-electron chi connectivity index (χ2n) is 5.61. The van der Waals surface area contributed by atoms with Gasteiger partial charge in [0.2, 0.25) is 11.8 Å². The molecule has 0 aliphatic heterocycles. The Bertz CT molecular complexity index is 674. The highest BCUT2D eigenvalue weighted by Crippen LogP contribution is 2.11. The summed E-state index contributed by atoms with van der Waals surface area (Å²) in [6.45, 7) is 3.16. The molecular weight excluding hydrogens is 337 g/mol. The molecule has 0 radical (unpaired) electrons. The zero-order valence-corrected chi connectivity index (χ0v) is 14.4. The number of amides is 2. The number of nitrogens with two attached hydrogens (primary N) is 1. The van der Waals surface area contributed by atoms with E-state index in [-0.39, 0.29) is 29.7 Å². The van der Waals surface area contributed by atoms with E-state index in [0.29, 0.717) is 0 Å². The highest BCUT2D eigenvalue weighted by molar-refractivity contribution is 7.91. The van der Waals surface area contributed by atoms with Crippen LogP contribution in [0.2, 0.25) is 0 Å². The van der Waals surface area contributed by atoms with E-state index >= 15 is 0 Å². The van der Waals surface area contributed by atoms with E-state index < -0.39 is 33.5 Å². The quantitative estimate of drug-likeness (QED) is 0.556. The van der Waals surface area contributed by atoms with Crippen LogP contribution in [0.1, 0.15) is 13.8 Å². The van der Waals surface area contributed by atoms with Gasteiger partial charge in [-0.25, -0.2) is 12.8 Å². The topological polar surface area (TPSA) is 118 Å². The van der Waals surface area contributed by atoms with E-state index in [4.69, 9.17) is 5.73 Å². The number of hydrogen-bond acceptors (Lipinski definition) is 5. The monoisotopic (exact) mass is 359 g/mol.